The first-order valence-corrected chi connectivity index (χ1v) is 12.9. The molecule has 2 heterocycles. The quantitative estimate of drug-likeness (QED) is 0.407. The number of anilines is 2. The first kappa shape index (κ1) is 28.1. The van der Waals surface area contributed by atoms with Gasteiger partial charge in [-0.15, -0.1) is 0 Å². The number of rotatable bonds is 6. The second-order valence-corrected chi connectivity index (χ2v) is 9.61. The molecule has 0 unspecified atom stereocenters. The number of benzene rings is 3. The molecule has 3 aromatic rings. The first-order valence-electron chi connectivity index (χ1n) is 12.9. The third-order valence-corrected chi connectivity index (χ3v) is 7.22. The average Bonchev–Trinajstić information content (AvgIpc) is 2.96. The molecule has 1 fully saturated rings. The fourth-order valence-electron chi connectivity index (χ4n) is 5.24. The maximum Gasteiger partial charge on any atom is 0.416 e. The fourth-order valence-corrected chi connectivity index (χ4v) is 5.24. The minimum absolute atomic E-state index is 0.0440. The number of alkyl halides is 3. The Morgan fingerprint density at radius 2 is 1.68 bits per heavy atom. The molecule has 0 N–H and O–H groups in total. The molecule has 0 aliphatic carbocycles. The molecule has 1 atom stereocenters. The van der Waals surface area contributed by atoms with Gasteiger partial charge in [0.1, 0.15) is 23.0 Å². The number of aliphatic imine (C=N–C) groups is 1. The van der Waals surface area contributed by atoms with Crippen LogP contribution in [0.4, 0.5) is 34.6 Å². The Bertz CT molecular complexity index is 1470. The maximum absolute atomic E-state index is 15.1. The lowest BCUT2D eigenvalue weighted by atomic mass is 9.96. The average molecular weight is 572 g/mol. The van der Waals surface area contributed by atoms with Gasteiger partial charge in [-0.25, -0.2) is 9.38 Å². The van der Waals surface area contributed by atoms with Crippen LogP contribution in [0.15, 0.2) is 65.7 Å². The number of carbonyl (C=O) groups excluding carboxylic acids is 1. The van der Waals surface area contributed by atoms with E-state index in [2.05, 4.69) is 9.89 Å². The van der Waals surface area contributed by atoms with E-state index in [9.17, 15) is 23.1 Å². The van der Waals surface area contributed by atoms with Gasteiger partial charge in [0.25, 0.3) is 0 Å². The number of nitrogens with zero attached hydrogens (tertiary/aromatic N) is 4. The number of methoxy groups -OCH3 is 2. The summed E-state index contributed by atoms with van der Waals surface area (Å²) in [6.07, 6.45) is -5.30. The number of carbonyl (C=O) groups is 1. The largest absolute Gasteiger partial charge is 0.550 e. The van der Waals surface area contributed by atoms with Crippen LogP contribution in [0.3, 0.4) is 0 Å². The highest BCUT2D eigenvalue weighted by Crippen LogP contribution is 2.46. The zero-order valence-electron chi connectivity index (χ0n) is 22.3. The van der Waals surface area contributed by atoms with Crippen LogP contribution in [0.2, 0.25) is 0 Å². The van der Waals surface area contributed by atoms with Crippen molar-refractivity contribution in [3.05, 3.63) is 77.6 Å². The smallest absolute Gasteiger partial charge is 0.416 e. The summed E-state index contributed by atoms with van der Waals surface area (Å²) < 4.78 is 67.3. The van der Waals surface area contributed by atoms with Crippen molar-refractivity contribution in [3.63, 3.8) is 0 Å². The predicted molar refractivity (Wildman–Crippen MR) is 143 cm³/mol. The molecule has 8 nitrogen and oxygen atoms in total. The summed E-state index contributed by atoms with van der Waals surface area (Å²) in [5.74, 6) is -1.23. The second-order valence-electron chi connectivity index (χ2n) is 9.61. The number of aliphatic carboxylic acids is 1. The minimum atomic E-state index is -4.68. The maximum atomic E-state index is 15.1. The van der Waals surface area contributed by atoms with E-state index in [0.29, 0.717) is 31.9 Å². The lowest BCUT2D eigenvalue weighted by Gasteiger charge is -2.45. The molecular formula is C29H27F4N4O4-. The highest BCUT2D eigenvalue weighted by atomic mass is 19.4. The summed E-state index contributed by atoms with van der Waals surface area (Å²) >= 11 is 0. The van der Waals surface area contributed by atoms with E-state index in [1.807, 2.05) is 29.2 Å². The van der Waals surface area contributed by atoms with Crippen molar-refractivity contribution in [1.29, 1.82) is 0 Å². The normalized spacial score (nSPS) is 17.2. The lowest BCUT2D eigenvalue weighted by Crippen LogP contribution is -2.55. The number of halogens is 4. The van der Waals surface area contributed by atoms with Gasteiger partial charge in [-0.1, -0.05) is 18.2 Å². The van der Waals surface area contributed by atoms with Crippen molar-refractivity contribution >= 4 is 29.0 Å². The van der Waals surface area contributed by atoms with Gasteiger partial charge in [-0.05, 0) is 36.4 Å². The third-order valence-electron chi connectivity index (χ3n) is 7.22. The van der Waals surface area contributed by atoms with Crippen molar-refractivity contribution in [2.24, 2.45) is 4.99 Å². The van der Waals surface area contributed by atoms with E-state index in [1.54, 1.807) is 7.11 Å². The van der Waals surface area contributed by atoms with Gasteiger partial charge >= 0.3 is 6.18 Å². The van der Waals surface area contributed by atoms with Crippen molar-refractivity contribution < 1.29 is 36.9 Å². The summed E-state index contributed by atoms with van der Waals surface area (Å²) in [6, 6.07) is 13.5. The van der Waals surface area contributed by atoms with Crippen molar-refractivity contribution in [1.82, 2.24) is 4.90 Å². The van der Waals surface area contributed by atoms with Gasteiger partial charge in [0.15, 0.2) is 0 Å². The van der Waals surface area contributed by atoms with Crippen LogP contribution in [0.1, 0.15) is 23.6 Å². The number of hydrogen-bond donors (Lipinski definition) is 0. The van der Waals surface area contributed by atoms with Crippen LogP contribution in [0.25, 0.3) is 0 Å². The van der Waals surface area contributed by atoms with E-state index in [0.717, 1.165) is 17.8 Å². The first-order chi connectivity index (χ1) is 19.6. The Kier molecular flexibility index (Phi) is 7.65. The van der Waals surface area contributed by atoms with E-state index < -0.39 is 36.0 Å². The summed E-state index contributed by atoms with van der Waals surface area (Å²) in [5, 5.41) is 11.9. The molecule has 12 heteroatoms. The Balaban J connectivity index is 1.60. The standard InChI is InChI=1S/C29H28F4N4O4/c1-40-20-6-3-5-19(16-20)35-11-13-36(14-12-35)28-34-27-21(7-4-8-22(27)30)23(17-26(38)39)37(28)24-15-18(29(31,32)33)9-10-25(24)41-2/h3-10,15-16,23H,11-14,17H2,1-2H3,(H,38,39)/p-1/t23-/m0/s1. The van der Waals surface area contributed by atoms with Gasteiger partial charge in [0, 0.05) is 55.9 Å². The van der Waals surface area contributed by atoms with Crippen LogP contribution in [0.5, 0.6) is 11.5 Å². The second kappa shape index (κ2) is 11.2. The molecule has 3 aromatic carbocycles. The summed E-state index contributed by atoms with van der Waals surface area (Å²) in [6.45, 7) is 1.76. The van der Waals surface area contributed by atoms with Gasteiger partial charge in [-0.2, -0.15) is 13.2 Å². The molecule has 5 rings (SSSR count). The van der Waals surface area contributed by atoms with Gasteiger partial charge < -0.3 is 34.1 Å². The molecule has 2 aliphatic heterocycles. The molecule has 0 amide bonds. The molecule has 0 aromatic heterocycles. The summed E-state index contributed by atoms with van der Waals surface area (Å²) in [7, 11) is 2.89. The van der Waals surface area contributed by atoms with Gasteiger partial charge in [0.05, 0.1) is 31.5 Å². The van der Waals surface area contributed by atoms with Crippen molar-refractivity contribution in [3.8, 4) is 11.5 Å². The molecule has 0 bridgehead atoms. The Hall–Kier alpha value is -4.48. The number of ether oxygens (including phenoxy) is 2. The van der Waals surface area contributed by atoms with Crippen LogP contribution in [-0.2, 0) is 11.0 Å². The molecular weight excluding hydrogens is 544 g/mol. The zero-order chi connectivity index (χ0) is 29.3. The van der Waals surface area contributed by atoms with Crippen LogP contribution in [-0.4, -0.2) is 57.2 Å². The molecule has 0 spiro atoms. The number of carboxylic acid groups (broad SMARTS) is 1. The summed E-state index contributed by atoms with van der Waals surface area (Å²) in [5.41, 5.74) is 0.0843. The Morgan fingerprint density at radius 1 is 0.976 bits per heavy atom. The van der Waals surface area contributed by atoms with Crippen LogP contribution >= 0.6 is 0 Å². The van der Waals surface area contributed by atoms with Crippen molar-refractivity contribution in [2.75, 3.05) is 50.2 Å². The highest BCUT2D eigenvalue weighted by molar-refractivity contribution is 6.02. The SMILES string of the molecule is COc1cccc(N2CCN(C3=Nc4c(F)cccc4[C@H](CC(=O)[O-])N3c3cc(C(F)(F)F)ccc3OC)CC2)c1. The monoisotopic (exact) mass is 571 g/mol. The Labute approximate surface area is 234 Å². The van der Waals surface area contributed by atoms with Crippen LogP contribution < -0.4 is 24.4 Å². The minimum Gasteiger partial charge on any atom is -0.550 e. The summed E-state index contributed by atoms with van der Waals surface area (Å²) in [4.78, 5) is 21.8. The lowest BCUT2D eigenvalue weighted by molar-refractivity contribution is -0.306. The third kappa shape index (κ3) is 5.59. The molecule has 1 saturated heterocycles. The molecule has 2 aliphatic rings. The van der Waals surface area contributed by atoms with Gasteiger partial charge in [0.2, 0.25) is 5.96 Å². The van der Waals surface area contributed by atoms with Crippen molar-refractivity contribution in [2.45, 2.75) is 18.6 Å². The number of para-hydroxylation sites is 1. The molecule has 216 valence electrons. The van der Waals surface area contributed by atoms with E-state index in [-0.39, 0.29) is 28.6 Å². The molecule has 0 saturated carbocycles. The van der Waals surface area contributed by atoms with Gasteiger partial charge in [-0.3, -0.25) is 0 Å². The number of carboxylic acids is 1. The predicted octanol–water partition coefficient (Wildman–Crippen LogP) is 4.37. The zero-order valence-corrected chi connectivity index (χ0v) is 22.3. The Morgan fingerprint density at radius 3 is 2.34 bits per heavy atom. The molecule has 41 heavy (non-hydrogen) atoms. The van der Waals surface area contributed by atoms with E-state index in [1.165, 1.54) is 36.3 Å². The highest BCUT2D eigenvalue weighted by Gasteiger charge is 2.39. The topological polar surface area (TPSA) is 80.7 Å². The number of hydrogen-bond acceptors (Lipinski definition) is 8. The fraction of sp³-hybridized carbons (Fsp3) is 0.310. The van der Waals surface area contributed by atoms with E-state index >= 15 is 4.39 Å². The number of guanidine groups is 1. The molecule has 0 radical (unpaired) electrons. The number of piperazine rings is 1. The van der Waals surface area contributed by atoms with E-state index in [4.69, 9.17) is 9.47 Å². The van der Waals surface area contributed by atoms with Crippen LogP contribution in [0, 0.1) is 5.82 Å². The number of fused-ring (bicyclic) bond motifs is 1.